The Morgan fingerprint density at radius 1 is 0.768 bits per heavy atom. The van der Waals surface area contributed by atoms with Gasteiger partial charge in [0.1, 0.15) is 11.2 Å². The van der Waals surface area contributed by atoms with Crippen molar-refractivity contribution in [2.75, 3.05) is 28.4 Å². The highest BCUT2D eigenvalue weighted by Gasteiger charge is 2.69. The van der Waals surface area contributed by atoms with E-state index in [1.54, 1.807) is 35.0 Å². The molecule has 15 heteroatoms. The highest BCUT2D eigenvalue weighted by molar-refractivity contribution is 5.73. The Morgan fingerprint density at radius 2 is 1.39 bits per heavy atom. The summed E-state index contributed by atoms with van der Waals surface area (Å²) >= 11 is 0. The molecule has 12 unspecified atom stereocenters. The molecule has 6 saturated heterocycles. The molecular weight excluding hydrogens is 732 g/mol. The van der Waals surface area contributed by atoms with E-state index in [1.165, 1.54) is 14.2 Å². The van der Waals surface area contributed by atoms with E-state index in [1.807, 2.05) is 13.8 Å². The Labute approximate surface area is 332 Å². The first-order valence-corrected chi connectivity index (χ1v) is 20.7. The van der Waals surface area contributed by atoms with Gasteiger partial charge in [-0.25, -0.2) is 4.79 Å². The van der Waals surface area contributed by atoms with Gasteiger partial charge in [0.05, 0.1) is 61.0 Å². The molecule has 6 rings (SSSR count). The van der Waals surface area contributed by atoms with E-state index in [9.17, 15) is 25.2 Å². The Bertz CT molecular complexity index is 1380. The van der Waals surface area contributed by atoms with Crippen LogP contribution in [-0.4, -0.2) is 151 Å². The fraction of sp³-hybridized carbons (Fsp3) is 0.976. The van der Waals surface area contributed by atoms with Gasteiger partial charge < -0.3 is 67.8 Å². The van der Waals surface area contributed by atoms with Gasteiger partial charge in [0.2, 0.25) is 11.9 Å². The van der Waals surface area contributed by atoms with Crippen LogP contribution < -0.4 is 0 Å². The lowest BCUT2D eigenvalue weighted by Crippen LogP contribution is -2.72. The fourth-order valence-electron chi connectivity index (χ4n) is 11.6. The van der Waals surface area contributed by atoms with Crippen molar-refractivity contribution < 1.29 is 72.6 Å². The molecular formula is C41H70O15. The predicted molar refractivity (Wildman–Crippen MR) is 199 cm³/mol. The van der Waals surface area contributed by atoms with Gasteiger partial charge in [0.15, 0.2) is 11.6 Å². The first-order chi connectivity index (χ1) is 26.2. The number of hydrogen-bond acceptors (Lipinski definition) is 14. The molecule has 6 fully saturated rings. The summed E-state index contributed by atoms with van der Waals surface area (Å²) < 4.78 is 64.6. The van der Waals surface area contributed by atoms with Crippen molar-refractivity contribution in [3.63, 3.8) is 0 Å². The van der Waals surface area contributed by atoms with E-state index in [0.717, 1.165) is 32.1 Å². The van der Waals surface area contributed by atoms with E-state index >= 15 is 0 Å². The first kappa shape index (κ1) is 44.5. The molecule has 6 aliphatic heterocycles. The molecule has 21 atom stereocenters. The van der Waals surface area contributed by atoms with Crippen molar-refractivity contribution in [3.8, 4) is 0 Å². The van der Waals surface area contributed by atoms with Gasteiger partial charge in [-0.15, -0.1) is 0 Å². The maximum absolute atomic E-state index is 12.0. The standard InChI is InChI=1S/C41H70O15/c1-20-17-21(2)39(8,45)55-32(20)28-14-13-26(51-28)27-15-16-30(52-27)38(7)35(49-11)24(5)41(56-38)22(3)29(47-9)18-25(53-41)19-31-37(6,50-12)34(48-10)23(4)40(46,54-31)33(42)36(43)44/h20-35,42,45-46H,13-19H2,1-12H3,(H,43,44)/t20?,21?,22?,23?,24-,25?,26-,27+,28?,29?,30-,31?,32?,33?,34+,35?,37+,38-,39+,40?,41+/m1/s1. The number of carboxylic acids is 1. The molecule has 0 aromatic carbocycles. The van der Waals surface area contributed by atoms with Crippen LogP contribution in [0, 0.1) is 29.6 Å². The van der Waals surface area contributed by atoms with Crippen molar-refractivity contribution in [1.29, 1.82) is 0 Å². The Balaban J connectivity index is 1.21. The molecule has 4 N–H and O–H groups in total. The van der Waals surface area contributed by atoms with Gasteiger partial charge in [-0.05, 0) is 58.8 Å². The fourth-order valence-corrected chi connectivity index (χ4v) is 11.6. The number of aliphatic hydroxyl groups excluding tert-OH is 1. The smallest absolute Gasteiger partial charge is 0.338 e. The van der Waals surface area contributed by atoms with Crippen molar-refractivity contribution in [3.05, 3.63) is 0 Å². The number of carbonyl (C=O) groups is 1. The third-order valence-corrected chi connectivity index (χ3v) is 15.2. The molecule has 0 radical (unpaired) electrons. The lowest BCUT2D eigenvalue weighted by Gasteiger charge is -2.56. The highest BCUT2D eigenvalue weighted by Crippen LogP contribution is 2.57. The monoisotopic (exact) mass is 802 g/mol. The van der Waals surface area contributed by atoms with Crippen LogP contribution >= 0.6 is 0 Å². The summed E-state index contributed by atoms with van der Waals surface area (Å²) in [5.41, 5.74) is -2.09. The second-order valence-corrected chi connectivity index (χ2v) is 18.4. The van der Waals surface area contributed by atoms with Crippen molar-refractivity contribution in [2.24, 2.45) is 29.6 Å². The van der Waals surface area contributed by atoms with Crippen LogP contribution in [0.15, 0.2) is 0 Å². The van der Waals surface area contributed by atoms with E-state index in [0.29, 0.717) is 6.42 Å². The summed E-state index contributed by atoms with van der Waals surface area (Å²) in [6, 6.07) is 0. The molecule has 0 saturated carbocycles. The Hall–Kier alpha value is -1.05. The third-order valence-electron chi connectivity index (χ3n) is 15.2. The summed E-state index contributed by atoms with van der Waals surface area (Å²) in [5.74, 6) is -7.70. The van der Waals surface area contributed by atoms with E-state index in [-0.39, 0.29) is 66.7 Å². The van der Waals surface area contributed by atoms with Crippen LogP contribution in [0.4, 0.5) is 0 Å². The molecule has 0 aromatic heterocycles. The summed E-state index contributed by atoms with van der Waals surface area (Å²) in [6.45, 7) is 15.4. The number of methoxy groups -OCH3 is 4. The SMILES string of the molecule is COC1CC(CC2OC(O)(C(O)C(=O)O)C(C)[C@H](OC)[C@@]2(C)OC)O[C@]2(O[C@](C)([C@H]3CC[C@@H]([C@H]4CCC(C5O[C@](C)(O)C(C)CC5C)O4)O3)C(OC)[C@H]2C)C1C. The molecule has 0 bridgehead atoms. The van der Waals surface area contributed by atoms with Gasteiger partial charge in [0.25, 0.3) is 0 Å². The van der Waals surface area contributed by atoms with Gasteiger partial charge in [-0.1, -0.05) is 34.6 Å². The van der Waals surface area contributed by atoms with Gasteiger partial charge in [0, 0.05) is 65.0 Å². The van der Waals surface area contributed by atoms with Crippen LogP contribution in [0.5, 0.6) is 0 Å². The van der Waals surface area contributed by atoms with E-state index in [4.69, 9.17) is 47.4 Å². The largest absolute Gasteiger partial charge is 0.479 e. The summed E-state index contributed by atoms with van der Waals surface area (Å²) in [6.07, 6.45) is -1.69. The van der Waals surface area contributed by atoms with Crippen LogP contribution in [0.25, 0.3) is 0 Å². The molecule has 6 aliphatic rings. The zero-order chi connectivity index (χ0) is 41.3. The minimum atomic E-state index is -2.48. The van der Waals surface area contributed by atoms with Crippen molar-refractivity contribution in [1.82, 2.24) is 0 Å². The molecule has 324 valence electrons. The molecule has 0 amide bonds. The topological polar surface area (TPSA) is 190 Å². The van der Waals surface area contributed by atoms with Crippen LogP contribution in [0.1, 0.15) is 100 Å². The maximum Gasteiger partial charge on any atom is 0.338 e. The minimum absolute atomic E-state index is 0.0394. The summed E-state index contributed by atoms with van der Waals surface area (Å²) in [5, 5.41) is 43.0. The van der Waals surface area contributed by atoms with Gasteiger partial charge in [-0.2, -0.15) is 0 Å². The van der Waals surface area contributed by atoms with Crippen LogP contribution in [0.2, 0.25) is 0 Å². The number of aliphatic carboxylic acids is 1. The van der Waals surface area contributed by atoms with Crippen LogP contribution in [-0.2, 0) is 52.2 Å². The summed E-state index contributed by atoms with van der Waals surface area (Å²) in [4.78, 5) is 12.0. The molecule has 56 heavy (non-hydrogen) atoms. The molecule has 1 spiro atoms. The first-order valence-electron chi connectivity index (χ1n) is 20.7. The second-order valence-electron chi connectivity index (χ2n) is 18.4. The number of aliphatic hydroxyl groups is 3. The second kappa shape index (κ2) is 16.1. The number of rotatable bonds is 11. The Kier molecular flexibility index (Phi) is 12.8. The quantitative estimate of drug-likeness (QED) is 0.238. The van der Waals surface area contributed by atoms with Crippen molar-refractivity contribution >= 4 is 5.97 Å². The average Bonchev–Trinajstić information content (AvgIpc) is 3.89. The number of hydrogen-bond donors (Lipinski definition) is 4. The highest BCUT2D eigenvalue weighted by atomic mass is 16.7. The molecule has 15 nitrogen and oxygen atoms in total. The van der Waals surface area contributed by atoms with Crippen molar-refractivity contribution in [2.45, 2.75) is 196 Å². The Morgan fingerprint density at radius 3 is 2.00 bits per heavy atom. The number of ether oxygens (including phenoxy) is 10. The minimum Gasteiger partial charge on any atom is -0.479 e. The van der Waals surface area contributed by atoms with E-state index < -0.39 is 71.0 Å². The average molecular weight is 803 g/mol. The predicted octanol–water partition coefficient (Wildman–Crippen LogP) is 3.41. The van der Waals surface area contributed by atoms with Crippen LogP contribution in [0.3, 0.4) is 0 Å². The van der Waals surface area contributed by atoms with Gasteiger partial charge in [-0.3, -0.25) is 0 Å². The zero-order valence-electron chi connectivity index (χ0n) is 35.5. The molecule has 6 heterocycles. The van der Waals surface area contributed by atoms with Gasteiger partial charge >= 0.3 is 5.97 Å². The number of carboxylic acid groups (broad SMARTS) is 1. The zero-order valence-corrected chi connectivity index (χ0v) is 35.5. The normalized spacial score (nSPS) is 54.4. The lowest BCUT2D eigenvalue weighted by molar-refractivity contribution is -0.389. The lowest BCUT2D eigenvalue weighted by atomic mass is 9.73. The molecule has 0 aromatic rings. The maximum atomic E-state index is 12.0. The summed E-state index contributed by atoms with van der Waals surface area (Å²) in [7, 11) is 6.30. The molecule has 0 aliphatic carbocycles. The van der Waals surface area contributed by atoms with E-state index in [2.05, 4.69) is 20.8 Å². The third kappa shape index (κ3) is 7.19.